The minimum atomic E-state index is -3.67. The van der Waals surface area contributed by atoms with Crippen LogP contribution in [0.5, 0.6) is 5.75 Å². The van der Waals surface area contributed by atoms with Gasteiger partial charge in [-0.3, -0.25) is 4.79 Å². The molecule has 0 aromatic heterocycles. The van der Waals surface area contributed by atoms with Gasteiger partial charge >= 0.3 is 0 Å². The van der Waals surface area contributed by atoms with Gasteiger partial charge in [-0.15, -0.1) is 0 Å². The highest BCUT2D eigenvalue weighted by molar-refractivity contribution is 7.99. The second-order valence-corrected chi connectivity index (χ2v) is 11.0. The third kappa shape index (κ3) is 5.51. The summed E-state index contributed by atoms with van der Waals surface area (Å²) in [5.41, 5.74) is 1.19. The van der Waals surface area contributed by atoms with E-state index in [0.717, 1.165) is 24.2 Å². The highest BCUT2D eigenvalue weighted by Gasteiger charge is 2.27. The SMILES string of the molecule is COc1ccc(S(=O)(=O)N2CCCCC2)cc1NC(=O)c1ccccc1Sc1ccccc1C#N. The third-order valence-corrected chi connectivity index (χ3v) is 8.78. The number of rotatable bonds is 7. The van der Waals surface area contributed by atoms with Crippen molar-refractivity contribution < 1.29 is 17.9 Å². The molecule has 0 unspecified atom stereocenters. The fourth-order valence-corrected chi connectivity index (χ4v) is 6.47. The zero-order valence-corrected chi connectivity index (χ0v) is 20.9. The van der Waals surface area contributed by atoms with Crippen molar-refractivity contribution in [3.8, 4) is 11.8 Å². The van der Waals surface area contributed by atoms with Gasteiger partial charge in [-0.1, -0.05) is 42.4 Å². The summed E-state index contributed by atoms with van der Waals surface area (Å²) in [7, 11) is -2.21. The monoisotopic (exact) mass is 507 g/mol. The van der Waals surface area contributed by atoms with Crippen LogP contribution >= 0.6 is 11.8 Å². The van der Waals surface area contributed by atoms with E-state index in [1.165, 1.54) is 35.3 Å². The first-order valence-electron chi connectivity index (χ1n) is 11.2. The Kier molecular flexibility index (Phi) is 7.76. The maximum absolute atomic E-state index is 13.3. The lowest BCUT2D eigenvalue weighted by Gasteiger charge is -2.26. The van der Waals surface area contributed by atoms with Gasteiger partial charge in [-0.25, -0.2) is 8.42 Å². The maximum atomic E-state index is 13.3. The molecule has 1 amide bonds. The van der Waals surface area contributed by atoms with Crippen molar-refractivity contribution in [2.75, 3.05) is 25.5 Å². The van der Waals surface area contributed by atoms with E-state index in [-0.39, 0.29) is 10.6 Å². The minimum absolute atomic E-state index is 0.112. The first-order chi connectivity index (χ1) is 16.9. The molecule has 3 aromatic rings. The number of benzene rings is 3. The van der Waals surface area contributed by atoms with Gasteiger partial charge < -0.3 is 10.1 Å². The number of carbonyl (C=O) groups excluding carboxylic acids is 1. The van der Waals surface area contributed by atoms with Gasteiger partial charge in [0, 0.05) is 22.9 Å². The van der Waals surface area contributed by atoms with Crippen molar-refractivity contribution in [2.45, 2.75) is 33.9 Å². The number of carbonyl (C=O) groups is 1. The smallest absolute Gasteiger partial charge is 0.256 e. The van der Waals surface area contributed by atoms with Crippen LogP contribution in [0.1, 0.15) is 35.2 Å². The average molecular weight is 508 g/mol. The summed E-state index contributed by atoms with van der Waals surface area (Å²) in [6, 6.07) is 20.9. The molecule has 35 heavy (non-hydrogen) atoms. The van der Waals surface area contributed by atoms with Crippen LogP contribution < -0.4 is 10.1 Å². The van der Waals surface area contributed by atoms with E-state index in [1.807, 2.05) is 24.3 Å². The number of anilines is 1. The molecule has 1 aliphatic heterocycles. The van der Waals surface area contributed by atoms with E-state index in [1.54, 1.807) is 30.3 Å². The Bertz CT molecular complexity index is 1380. The molecule has 0 radical (unpaired) electrons. The van der Waals surface area contributed by atoms with Crippen LogP contribution in [0.4, 0.5) is 5.69 Å². The molecule has 1 heterocycles. The zero-order chi connectivity index (χ0) is 24.8. The van der Waals surface area contributed by atoms with Gasteiger partial charge in [0.15, 0.2) is 0 Å². The molecule has 3 aromatic carbocycles. The van der Waals surface area contributed by atoms with Gasteiger partial charge in [0.25, 0.3) is 5.91 Å². The fraction of sp³-hybridized carbons (Fsp3) is 0.231. The lowest BCUT2D eigenvalue weighted by Crippen LogP contribution is -2.35. The molecule has 0 saturated carbocycles. The van der Waals surface area contributed by atoms with Gasteiger partial charge in [0.05, 0.1) is 28.8 Å². The number of hydrogen-bond acceptors (Lipinski definition) is 6. The Morgan fingerprint density at radius 1 is 1.00 bits per heavy atom. The number of piperidine rings is 1. The van der Waals surface area contributed by atoms with Crippen molar-refractivity contribution in [2.24, 2.45) is 0 Å². The fourth-order valence-electron chi connectivity index (χ4n) is 3.90. The standard InChI is InChI=1S/C26H25N3O4S2/c1-33-23-14-13-20(35(31,32)29-15-7-2-8-16-29)17-22(23)28-26(30)21-10-4-6-12-25(21)34-24-11-5-3-9-19(24)18-27/h3-6,9-14,17H,2,7-8,15-16H2,1H3,(H,28,30). The Hall–Kier alpha value is -3.32. The van der Waals surface area contributed by atoms with Gasteiger partial charge in [0.1, 0.15) is 11.8 Å². The van der Waals surface area contributed by atoms with Crippen LogP contribution in [0, 0.1) is 11.3 Å². The highest BCUT2D eigenvalue weighted by atomic mass is 32.2. The molecule has 0 atom stereocenters. The topological polar surface area (TPSA) is 99.5 Å². The summed E-state index contributed by atoms with van der Waals surface area (Å²) < 4.78 is 33.2. The number of sulfonamides is 1. The van der Waals surface area contributed by atoms with Crippen LogP contribution in [0.25, 0.3) is 0 Å². The highest BCUT2D eigenvalue weighted by Crippen LogP contribution is 2.34. The summed E-state index contributed by atoms with van der Waals surface area (Å²) in [6.45, 7) is 0.982. The number of methoxy groups -OCH3 is 1. The minimum Gasteiger partial charge on any atom is -0.495 e. The van der Waals surface area contributed by atoms with Crippen LogP contribution in [-0.2, 0) is 10.0 Å². The molecule has 1 N–H and O–H groups in total. The summed E-state index contributed by atoms with van der Waals surface area (Å²) in [6.07, 6.45) is 2.69. The van der Waals surface area contributed by atoms with E-state index in [9.17, 15) is 18.5 Å². The zero-order valence-electron chi connectivity index (χ0n) is 19.2. The van der Waals surface area contributed by atoms with Gasteiger partial charge in [0.2, 0.25) is 10.0 Å². The molecule has 180 valence electrons. The predicted molar refractivity (Wildman–Crippen MR) is 135 cm³/mol. The molecule has 0 aliphatic carbocycles. The van der Waals surface area contributed by atoms with Crippen LogP contribution in [-0.4, -0.2) is 38.8 Å². The van der Waals surface area contributed by atoms with E-state index in [2.05, 4.69) is 11.4 Å². The molecular weight excluding hydrogens is 482 g/mol. The maximum Gasteiger partial charge on any atom is 0.256 e. The molecule has 0 spiro atoms. The van der Waals surface area contributed by atoms with Crippen molar-refractivity contribution in [1.29, 1.82) is 5.26 Å². The Morgan fingerprint density at radius 3 is 2.40 bits per heavy atom. The molecule has 4 rings (SSSR count). The van der Waals surface area contributed by atoms with E-state index >= 15 is 0 Å². The Balaban J connectivity index is 1.63. The van der Waals surface area contributed by atoms with E-state index < -0.39 is 15.9 Å². The lowest BCUT2D eigenvalue weighted by molar-refractivity contribution is 0.102. The summed E-state index contributed by atoms with van der Waals surface area (Å²) >= 11 is 1.32. The number of nitriles is 1. The second kappa shape index (κ2) is 11.0. The van der Waals surface area contributed by atoms with Crippen LogP contribution in [0.15, 0.2) is 81.4 Å². The van der Waals surface area contributed by atoms with E-state index in [0.29, 0.717) is 34.9 Å². The van der Waals surface area contributed by atoms with Crippen molar-refractivity contribution in [3.63, 3.8) is 0 Å². The lowest BCUT2D eigenvalue weighted by atomic mass is 10.2. The largest absolute Gasteiger partial charge is 0.495 e. The van der Waals surface area contributed by atoms with Crippen LogP contribution in [0.2, 0.25) is 0 Å². The Labute approximate surface area is 209 Å². The number of hydrogen-bond donors (Lipinski definition) is 1. The molecule has 1 aliphatic rings. The average Bonchev–Trinajstić information content (AvgIpc) is 2.89. The first-order valence-corrected chi connectivity index (χ1v) is 13.5. The molecular formula is C26H25N3O4S2. The Morgan fingerprint density at radius 2 is 1.69 bits per heavy atom. The van der Waals surface area contributed by atoms with Crippen molar-refractivity contribution >= 4 is 33.4 Å². The summed E-state index contributed by atoms with van der Waals surface area (Å²) in [5, 5.41) is 12.2. The summed E-state index contributed by atoms with van der Waals surface area (Å²) in [4.78, 5) is 14.8. The first kappa shape index (κ1) is 24.8. The summed E-state index contributed by atoms with van der Waals surface area (Å²) in [5.74, 6) is -0.0516. The van der Waals surface area contributed by atoms with E-state index in [4.69, 9.17) is 4.74 Å². The quantitative estimate of drug-likeness (QED) is 0.475. The third-order valence-electron chi connectivity index (χ3n) is 5.73. The van der Waals surface area contributed by atoms with Gasteiger partial charge in [-0.05, 0) is 55.3 Å². The number of nitrogens with zero attached hydrogens (tertiary/aromatic N) is 2. The molecule has 1 fully saturated rings. The van der Waals surface area contributed by atoms with Crippen molar-refractivity contribution in [3.05, 3.63) is 77.9 Å². The molecule has 1 saturated heterocycles. The van der Waals surface area contributed by atoms with Crippen LogP contribution in [0.3, 0.4) is 0 Å². The predicted octanol–water partition coefficient (Wildman–Crippen LogP) is 5.14. The number of nitrogens with one attached hydrogen (secondary N) is 1. The molecule has 9 heteroatoms. The van der Waals surface area contributed by atoms with Gasteiger partial charge in [-0.2, -0.15) is 9.57 Å². The normalized spacial score (nSPS) is 14.2. The molecule has 0 bridgehead atoms. The van der Waals surface area contributed by atoms with Crippen molar-refractivity contribution in [1.82, 2.24) is 4.31 Å². The molecule has 7 nitrogen and oxygen atoms in total. The number of amides is 1. The second-order valence-electron chi connectivity index (χ2n) is 7.99. The number of ether oxygens (including phenoxy) is 1.